The summed E-state index contributed by atoms with van der Waals surface area (Å²) in [5.41, 5.74) is 1.17. The second-order valence-electron chi connectivity index (χ2n) is 9.45. The van der Waals surface area contributed by atoms with Crippen LogP contribution in [-0.2, 0) is 17.8 Å². The molecule has 2 heterocycles. The minimum Gasteiger partial charge on any atom is -0.394 e. The Morgan fingerprint density at radius 3 is 2.41 bits per heavy atom. The molecule has 1 aromatic rings. The molecule has 7 nitrogen and oxygen atoms in total. The first-order valence-electron chi connectivity index (χ1n) is 10.6. The van der Waals surface area contributed by atoms with E-state index in [0.29, 0.717) is 23.4 Å². The smallest absolute Gasteiger partial charge is 0.294 e. The molecule has 0 spiro atoms. The number of carbonyl (C=O) groups excluding carboxylic acids is 3. The van der Waals surface area contributed by atoms with E-state index < -0.39 is 17.2 Å². The van der Waals surface area contributed by atoms with E-state index in [4.69, 9.17) is 0 Å². The Balaban J connectivity index is 1.96. The Morgan fingerprint density at radius 1 is 1.14 bits per heavy atom. The predicted molar refractivity (Wildman–Crippen MR) is 110 cm³/mol. The number of Topliss-reactive ketones (excluding diaryl/α,β-unsaturated/α-hetero) is 1. The molecule has 0 unspecified atom stereocenters. The van der Waals surface area contributed by atoms with Crippen LogP contribution in [0.5, 0.6) is 0 Å². The Morgan fingerprint density at radius 2 is 1.79 bits per heavy atom. The van der Waals surface area contributed by atoms with Crippen molar-refractivity contribution in [2.24, 2.45) is 0 Å². The zero-order valence-electron chi connectivity index (χ0n) is 18.0. The van der Waals surface area contributed by atoms with E-state index >= 15 is 0 Å². The number of hydrogen-bond acceptors (Lipinski definition) is 4. The summed E-state index contributed by atoms with van der Waals surface area (Å²) in [5, 5.41) is 15.2. The zero-order chi connectivity index (χ0) is 21.4. The molecule has 1 aliphatic carbocycles. The van der Waals surface area contributed by atoms with Gasteiger partial charge in [-0.3, -0.25) is 14.4 Å². The summed E-state index contributed by atoms with van der Waals surface area (Å²) in [6, 6.07) is 0. The van der Waals surface area contributed by atoms with E-state index in [0.717, 1.165) is 50.6 Å². The molecule has 7 heteroatoms. The molecule has 2 aliphatic rings. The number of aliphatic hydroxyl groups excluding tert-OH is 1. The number of hydrogen-bond donors (Lipinski definition) is 3. The van der Waals surface area contributed by atoms with Crippen molar-refractivity contribution in [2.75, 3.05) is 6.61 Å². The summed E-state index contributed by atoms with van der Waals surface area (Å²) in [7, 11) is 0. The normalized spacial score (nSPS) is 18.2. The molecule has 0 bridgehead atoms. The molecule has 2 amide bonds. The highest BCUT2D eigenvalue weighted by molar-refractivity contribution is 6.43. The summed E-state index contributed by atoms with van der Waals surface area (Å²) in [4.78, 5) is 38.8. The lowest BCUT2D eigenvalue weighted by atomic mass is 9.98. The van der Waals surface area contributed by atoms with Gasteiger partial charge in [-0.25, -0.2) is 0 Å². The molecule has 0 saturated heterocycles. The van der Waals surface area contributed by atoms with Crippen LogP contribution in [0.15, 0.2) is 0 Å². The Hall–Kier alpha value is -2.15. The molecule has 3 rings (SSSR count). The van der Waals surface area contributed by atoms with Crippen molar-refractivity contribution in [3.8, 4) is 0 Å². The van der Waals surface area contributed by atoms with Gasteiger partial charge >= 0.3 is 0 Å². The molecule has 0 atom stereocenters. The third kappa shape index (κ3) is 4.25. The minimum absolute atomic E-state index is 0.146. The van der Waals surface area contributed by atoms with Crippen LogP contribution >= 0.6 is 0 Å². The van der Waals surface area contributed by atoms with Crippen LogP contribution < -0.4 is 10.6 Å². The van der Waals surface area contributed by atoms with Gasteiger partial charge in [-0.05, 0) is 65.4 Å². The van der Waals surface area contributed by atoms with E-state index in [1.165, 1.54) is 0 Å². The molecule has 0 radical (unpaired) electrons. The van der Waals surface area contributed by atoms with Crippen molar-refractivity contribution >= 4 is 17.6 Å². The molecule has 1 aliphatic heterocycles. The maximum absolute atomic E-state index is 13.2. The fraction of sp³-hybridized carbons (Fsp3) is 0.682. The van der Waals surface area contributed by atoms with Crippen LogP contribution in [0.25, 0.3) is 0 Å². The summed E-state index contributed by atoms with van der Waals surface area (Å²) in [6.07, 6.45) is 6.71. The van der Waals surface area contributed by atoms with Gasteiger partial charge < -0.3 is 20.3 Å². The predicted octanol–water partition coefficient (Wildman–Crippen LogP) is 2.27. The Labute approximate surface area is 172 Å². The molecule has 3 N–H and O–H groups in total. The van der Waals surface area contributed by atoms with E-state index in [1.54, 1.807) is 20.8 Å². The van der Waals surface area contributed by atoms with Gasteiger partial charge in [0.2, 0.25) is 0 Å². The number of aliphatic hydroxyl groups is 1. The van der Waals surface area contributed by atoms with Crippen LogP contribution in [0, 0.1) is 6.92 Å². The summed E-state index contributed by atoms with van der Waals surface area (Å²) in [5.74, 6) is -1.56. The number of aromatic nitrogens is 1. The van der Waals surface area contributed by atoms with Gasteiger partial charge in [-0.15, -0.1) is 0 Å². The maximum Gasteiger partial charge on any atom is 0.294 e. The van der Waals surface area contributed by atoms with Gasteiger partial charge in [0.05, 0.1) is 23.4 Å². The van der Waals surface area contributed by atoms with Crippen molar-refractivity contribution in [2.45, 2.75) is 90.3 Å². The van der Waals surface area contributed by atoms with Crippen LogP contribution in [0.2, 0.25) is 0 Å². The number of nitrogens with one attached hydrogen (secondary N) is 2. The first-order valence-corrected chi connectivity index (χ1v) is 10.6. The van der Waals surface area contributed by atoms with E-state index in [9.17, 15) is 19.5 Å². The quantitative estimate of drug-likeness (QED) is 0.501. The molecule has 1 fully saturated rings. The highest BCUT2D eigenvalue weighted by Gasteiger charge is 2.36. The van der Waals surface area contributed by atoms with Crippen molar-refractivity contribution in [3.05, 3.63) is 22.5 Å². The van der Waals surface area contributed by atoms with E-state index in [1.807, 2.05) is 4.57 Å². The fourth-order valence-corrected chi connectivity index (χ4v) is 4.60. The molecular weight excluding hydrogens is 370 g/mol. The molecule has 0 aromatic carbocycles. The zero-order valence-corrected chi connectivity index (χ0v) is 18.0. The van der Waals surface area contributed by atoms with Crippen LogP contribution in [0.4, 0.5) is 0 Å². The van der Waals surface area contributed by atoms with Gasteiger partial charge in [0.15, 0.2) is 0 Å². The number of fused-ring (bicyclic) bond motifs is 1. The highest BCUT2D eigenvalue weighted by Crippen LogP contribution is 2.32. The molecular formula is C22H33N3O4. The van der Waals surface area contributed by atoms with Crippen LogP contribution in [0.3, 0.4) is 0 Å². The third-order valence-corrected chi connectivity index (χ3v) is 6.28. The van der Waals surface area contributed by atoms with Gasteiger partial charge in [0.25, 0.3) is 17.6 Å². The summed E-state index contributed by atoms with van der Waals surface area (Å²) >= 11 is 0. The molecule has 1 saturated carbocycles. The van der Waals surface area contributed by atoms with Gasteiger partial charge in [0.1, 0.15) is 0 Å². The van der Waals surface area contributed by atoms with Crippen molar-refractivity contribution in [3.63, 3.8) is 0 Å². The molecule has 1 aromatic heterocycles. The lowest BCUT2D eigenvalue weighted by Gasteiger charge is -2.26. The average Bonchev–Trinajstić information content (AvgIpc) is 3.21. The van der Waals surface area contributed by atoms with Crippen LogP contribution in [-0.4, -0.2) is 45.0 Å². The summed E-state index contributed by atoms with van der Waals surface area (Å²) < 4.78 is 1.86. The first kappa shape index (κ1) is 21.6. The minimum atomic E-state index is -0.894. The SMILES string of the molecule is Cc1c(C(=O)NC2(C)CCCC2)c2n(c1C(=O)C(=O)NC(C)(C)CO)CCCC2. The second-order valence-corrected chi connectivity index (χ2v) is 9.45. The van der Waals surface area contributed by atoms with Crippen molar-refractivity contribution < 1.29 is 19.5 Å². The number of rotatable bonds is 6. The monoisotopic (exact) mass is 403 g/mol. The van der Waals surface area contributed by atoms with Crippen molar-refractivity contribution in [1.82, 2.24) is 15.2 Å². The Bertz CT molecular complexity index is 832. The lowest BCUT2D eigenvalue weighted by molar-refractivity contribution is -0.119. The van der Waals surface area contributed by atoms with Gasteiger partial charge in [-0.1, -0.05) is 12.8 Å². The van der Waals surface area contributed by atoms with E-state index in [2.05, 4.69) is 17.6 Å². The number of ketones is 1. The van der Waals surface area contributed by atoms with Gasteiger partial charge in [0, 0.05) is 17.8 Å². The maximum atomic E-state index is 13.2. The second kappa shape index (κ2) is 7.94. The van der Waals surface area contributed by atoms with Crippen LogP contribution in [0.1, 0.15) is 91.4 Å². The topological polar surface area (TPSA) is 100 Å². The molecule has 29 heavy (non-hydrogen) atoms. The standard InChI is InChI=1S/C22H33N3O4/c1-14-16(19(28)24-22(4)10-6-7-11-22)15-9-5-8-12-25(15)17(14)18(27)20(29)23-21(2,3)13-26/h26H,5-13H2,1-4H3,(H,23,29)(H,24,28). The van der Waals surface area contributed by atoms with E-state index in [-0.39, 0.29) is 18.1 Å². The number of nitrogens with zero attached hydrogens (tertiary/aromatic N) is 1. The van der Waals surface area contributed by atoms with Gasteiger partial charge in [-0.2, -0.15) is 0 Å². The Kier molecular flexibility index (Phi) is 5.90. The average molecular weight is 404 g/mol. The molecule has 160 valence electrons. The van der Waals surface area contributed by atoms with Crippen molar-refractivity contribution in [1.29, 1.82) is 0 Å². The highest BCUT2D eigenvalue weighted by atomic mass is 16.3. The third-order valence-electron chi connectivity index (χ3n) is 6.28. The first-order chi connectivity index (χ1) is 13.6. The lowest BCUT2D eigenvalue weighted by Crippen LogP contribution is -2.49. The fourth-order valence-electron chi connectivity index (χ4n) is 4.60. The number of amides is 2. The summed E-state index contributed by atoms with van der Waals surface area (Å²) in [6.45, 7) is 7.49. The largest absolute Gasteiger partial charge is 0.394 e. The number of carbonyl (C=O) groups is 3.